The Hall–Kier alpha value is -11.0. The summed E-state index contributed by atoms with van der Waals surface area (Å²) < 4.78 is 53.1. The van der Waals surface area contributed by atoms with Gasteiger partial charge in [-0.2, -0.15) is 22.8 Å². The summed E-state index contributed by atoms with van der Waals surface area (Å²) in [4.78, 5) is 0. The average Bonchev–Trinajstić information content (AvgIpc) is 0.769. The number of hydrogen-bond donors (Lipinski definition) is 0. The Bertz CT molecular complexity index is 5950. The van der Waals surface area contributed by atoms with Crippen LogP contribution in [0.25, 0.3) is 111 Å². The van der Waals surface area contributed by atoms with Crippen LogP contribution in [0.2, 0.25) is 0 Å². The summed E-state index contributed by atoms with van der Waals surface area (Å²) in [5.74, 6) is -0.359. The number of benzene rings is 10. The SMILES string of the molecule is CCc1ccc2ccc(-c3cc(C)ccc3C)[n+](C)c2c1.CCc1cccc2c1ccc(-c1cc(C)ccc1C)[n+]2C.Cc1cc(C)c(C)c(-c2ccc3c(C)c(F)c(C)cc3[n+]2C)c1.Cc1ccc(C)c(-c2ccc3c(C)c(F)c(C)cc3[n+]2C)c1.Cc1ccc(C)c(-c2ccc3cc(F)c(C)cc3[n+]2C)c1. The van der Waals surface area contributed by atoms with Crippen molar-refractivity contribution in [3.63, 3.8) is 0 Å². The first-order valence-corrected chi connectivity index (χ1v) is 37.9. The van der Waals surface area contributed by atoms with E-state index in [1.807, 2.05) is 71.1 Å². The molecular weight excluding hydrogens is 1330 g/mol. The highest BCUT2D eigenvalue weighted by atomic mass is 19.1. The number of pyridine rings is 5. The molecule has 0 aliphatic heterocycles. The van der Waals surface area contributed by atoms with Crippen LogP contribution in [0, 0.1) is 128 Å². The zero-order valence-electron chi connectivity index (χ0n) is 67.9. The summed E-state index contributed by atoms with van der Waals surface area (Å²) in [5, 5.41) is 5.52. The van der Waals surface area contributed by atoms with Gasteiger partial charge in [0.25, 0.3) is 0 Å². The van der Waals surface area contributed by atoms with Crippen molar-refractivity contribution < 1.29 is 36.0 Å². The molecule has 0 amide bonds. The van der Waals surface area contributed by atoms with Gasteiger partial charge in [0.1, 0.15) is 52.7 Å². The Morgan fingerprint density at radius 1 is 0.250 bits per heavy atom. The first-order chi connectivity index (χ1) is 51.4. The van der Waals surface area contributed by atoms with Gasteiger partial charge in [-0.25, -0.2) is 13.2 Å². The Morgan fingerprint density at radius 2 is 0.611 bits per heavy atom. The second kappa shape index (κ2) is 32.6. The van der Waals surface area contributed by atoms with Crippen molar-refractivity contribution in [3.05, 3.63) is 324 Å². The number of aromatic nitrogens is 5. The van der Waals surface area contributed by atoms with E-state index in [0.29, 0.717) is 16.7 Å². The molecule has 5 heterocycles. The lowest BCUT2D eigenvalue weighted by Crippen LogP contribution is -2.32. The maximum atomic E-state index is 14.2. The number of fused-ring (bicyclic) bond motifs is 5. The lowest BCUT2D eigenvalue weighted by atomic mass is 9.96. The number of halogens is 3. The maximum Gasteiger partial charge on any atom is 0.213 e. The van der Waals surface area contributed by atoms with Gasteiger partial charge >= 0.3 is 0 Å². The minimum Gasteiger partial charge on any atom is -0.207 e. The second-order valence-electron chi connectivity index (χ2n) is 30.2. The van der Waals surface area contributed by atoms with Crippen LogP contribution in [0.5, 0.6) is 0 Å². The van der Waals surface area contributed by atoms with Crippen LogP contribution in [0.4, 0.5) is 13.2 Å². The van der Waals surface area contributed by atoms with Crippen molar-refractivity contribution in [2.75, 3.05) is 0 Å². The molecule has 10 aromatic carbocycles. The summed E-state index contributed by atoms with van der Waals surface area (Å²) >= 11 is 0. The van der Waals surface area contributed by atoms with E-state index in [1.165, 1.54) is 133 Å². The van der Waals surface area contributed by atoms with E-state index in [0.717, 1.165) is 73.8 Å². The Kier molecular flexibility index (Phi) is 23.6. The van der Waals surface area contributed by atoms with E-state index in [9.17, 15) is 13.2 Å². The first-order valence-electron chi connectivity index (χ1n) is 37.9. The van der Waals surface area contributed by atoms with Gasteiger partial charge < -0.3 is 0 Å². The van der Waals surface area contributed by atoms with E-state index in [2.05, 4.69) is 305 Å². The quantitative estimate of drug-likeness (QED) is 0.142. The van der Waals surface area contributed by atoms with E-state index in [-0.39, 0.29) is 17.5 Å². The highest BCUT2D eigenvalue weighted by Crippen LogP contribution is 2.33. The number of nitrogens with zero attached hydrogens (tertiary/aromatic N) is 5. The molecule has 0 aliphatic carbocycles. The minimum absolute atomic E-state index is 0.104. The molecule has 0 atom stereocenters. The molecule has 548 valence electrons. The van der Waals surface area contributed by atoms with Crippen molar-refractivity contribution in [3.8, 4) is 56.3 Å². The summed E-state index contributed by atoms with van der Waals surface area (Å²) in [6.45, 7) is 37.1. The van der Waals surface area contributed by atoms with Crippen molar-refractivity contribution in [2.45, 2.75) is 137 Å². The van der Waals surface area contributed by atoms with Gasteiger partial charge in [0.2, 0.25) is 56.1 Å². The zero-order valence-corrected chi connectivity index (χ0v) is 67.9. The standard InChI is InChI=1S/C21H23FN.C20H21FN.2C20H22N.C19H19FN/c1-12-9-13(2)15(4)18(10-12)19-8-7-17-16(5)21(22)14(3)11-20(17)23(19)6;1-12-6-7-13(2)17(10-12)18-9-8-16-15(4)20(21)14(3)11-19(16)22(18)5;1-5-16-8-9-17-10-11-19(21(4)20(17)13-16)18-12-14(2)6-7-15(18)3;1-5-16-7-6-8-19-17(16)11-12-20(21(19)4)18-13-14(2)9-10-15(18)3;1-12-5-6-13(2)16(9-12)18-8-7-15-11-17(20)14(3)10-19(15)21(18)4/h7-11H,1-6H3;6-11H,1-5H3;2*6-13H,5H2,1-4H3;5-11H,1-4H3/q5*+1. The molecule has 0 spiro atoms. The minimum atomic E-state index is -0.151. The lowest BCUT2D eigenvalue weighted by Gasteiger charge is -2.12. The van der Waals surface area contributed by atoms with Crippen molar-refractivity contribution in [1.82, 2.24) is 0 Å². The zero-order chi connectivity index (χ0) is 78.0. The van der Waals surface area contributed by atoms with Crippen LogP contribution >= 0.6 is 0 Å². The smallest absolute Gasteiger partial charge is 0.207 e. The van der Waals surface area contributed by atoms with Crippen molar-refractivity contribution >= 4 is 54.5 Å². The van der Waals surface area contributed by atoms with Gasteiger partial charge in [-0.1, -0.05) is 114 Å². The van der Waals surface area contributed by atoms with Crippen LogP contribution < -0.4 is 22.8 Å². The van der Waals surface area contributed by atoms with Crippen LogP contribution in [-0.2, 0) is 48.1 Å². The summed E-state index contributed by atoms with van der Waals surface area (Å²) in [7, 11) is 10.5. The van der Waals surface area contributed by atoms with Gasteiger partial charge in [-0.05, 0) is 269 Å². The molecule has 108 heavy (non-hydrogen) atoms. The van der Waals surface area contributed by atoms with E-state index in [4.69, 9.17) is 0 Å². The normalized spacial score (nSPS) is 11.1. The Balaban J connectivity index is 0.000000134. The molecule has 15 rings (SSSR count). The Morgan fingerprint density at radius 3 is 1.05 bits per heavy atom. The topological polar surface area (TPSA) is 19.4 Å². The Labute approximate surface area is 639 Å². The largest absolute Gasteiger partial charge is 0.213 e. The molecule has 5 aromatic heterocycles. The maximum absolute atomic E-state index is 14.2. The fraction of sp³-hybridized carbons (Fsp3) is 0.250. The predicted octanol–water partition coefficient (Wildman–Crippen LogP) is 23.1. The van der Waals surface area contributed by atoms with Crippen LogP contribution in [0.15, 0.2) is 206 Å². The van der Waals surface area contributed by atoms with Gasteiger partial charge in [-0.15, -0.1) is 0 Å². The third-order valence-electron chi connectivity index (χ3n) is 22.2. The fourth-order valence-electron chi connectivity index (χ4n) is 15.4. The molecule has 0 fully saturated rings. The molecule has 15 aromatic rings. The molecule has 0 N–H and O–H groups in total. The van der Waals surface area contributed by atoms with Gasteiger partial charge in [0.15, 0.2) is 0 Å². The summed E-state index contributed by atoms with van der Waals surface area (Å²) in [6.07, 6.45) is 2.14. The monoisotopic (exact) mass is 1430 g/mol. The molecule has 0 saturated heterocycles. The second-order valence-corrected chi connectivity index (χ2v) is 30.2. The van der Waals surface area contributed by atoms with Gasteiger partial charge in [-0.3, -0.25) is 0 Å². The highest BCUT2D eigenvalue weighted by Gasteiger charge is 2.25. The first kappa shape index (κ1) is 78.1. The molecule has 8 heteroatoms. The van der Waals surface area contributed by atoms with E-state index < -0.39 is 0 Å². The highest BCUT2D eigenvalue weighted by molar-refractivity contribution is 5.86. The van der Waals surface area contributed by atoms with Gasteiger partial charge in [0.05, 0.1) is 10.8 Å². The summed E-state index contributed by atoms with van der Waals surface area (Å²) in [5.41, 5.74) is 38.5. The van der Waals surface area contributed by atoms with Crippen molar-refractivity contribution in [2.24, 2.45) is 35.2 Å². The molecule has 5 nitrogen and oxygen atoms in total. The van der Waals surface area contributed by atoms with Crippen LogP contribution in [0.3, 0.4) is 0 Å². The predicted molar refractivity (Wildman–Crippen MR) is 447 cm³/mol. The summed E-state index contributed by atoms with van der Waals surface area (Å²) in [6, 6.07) is 72.8. The van der Waals surface area contributed by atoms with Crippen LogP contribution in [0.1, 0.15) is 114 Å². The third kappa shape index (κ3) is 16.0. The van der Waals surface area contributed by atoms with Gasteiger partial charge in [0, 0.05) is 105 Å². The molecular formula is C100H107F3N5+5. The molecule has 0 bridgehead atoms. The lowest BCUT2D eigenvalue weighted by molar-refractivity contribution is -0.633. The molecule has 0 aliphatic rings. The fourth-order valence-corrected chi connectivity index (χ4v) is 15.4. The van der Waals surface area contributed by atoms with Crippen LogP contribution in [-0.4, -0.2) is 0 Å². The third-order valence-corrected chi connectivity index (χ3v) is 22.2. The number of rotatable bonds is 7. The number of aryl methyl sites for hydroxylation is 22. The molecule has 0 saturated carbocycles. The van der Waals surface area contributed by atoms with E-state index >= 15 is 0 Å². The number of hydrogen-bond acceptors (Lipinski definition) is 0. The van der Waals surface area contributed by atoms with Crippen molar-refractivity contribution in [1.29, 1.82) is 0 Å². The van der Waals surface area contributed by atoms with E-state index in [1.54, 1.807) is 13.0 Å². The molecule has 0 unspecified atom stereocenters. The molecule has 0 radical (unpaired) electrons. The average molecular weight is 1440 g/mol.